The van der Waals surface area contributed by atoms with E-state index in [1.165, 1.54) is 24.5 Å². The van der Waals surface area contributed by atoms with Gasteiger partial charge in [-0.1, -0.05) is 0 Å². The molecule has 1 aromatic heterocycles. The maximum absolute atomic E-state index is 10.8. The Balaban J connectivity index is 2.22. The minimum Gasteiger partial charge on any atom is -0.479 e. The number of furan rings is 1. The maximum atomic E-state index is 10.8. The molecule has 6 nitrogen and oxygen atoms in total. The van der Waals surface area contributed by atoms with Gasteiger partial charge in [0.25, 0.3) is 0 Å². The molecule has 0 fully saturated rings. The van der Waals surface area contributed by atoms with Crippen LogP contribution >= 0.6 is 0 Å². The van der Waals surface area contributed by atoms with Gasteiger partial charge in [-0.15, -0.1) is 0 Å². The number of nitro groups is 1. The summed E-state index contributed by atoms with van der Waals surface area (Å²) in [6, 6.07) is 9.29. The summed E-state index contributed by atoms with van der Waals surface area (Å²) in [5.74, 6) is 0.670. The highest BCUT2D eigenvalue weighted by Gasteiger charge is 2.16. The van der Waals surface area contributed by atoms with Crippen molar-refractivity contribution in [3.8, 4) is 11.8 Å². The second-order valence-electron chi connectivity index (χ2n) is 3.42. The number of hydrogen-bond donors (Lipinski definition) is 0. The van der Waals surface area contributed by atoms with Crippen molar-refractivity contribution in [2.45, 2.75) is 6.61 Å². The molecule has 6 heteroatoms. The fraction of sp³-hybridized carbons (Fsp3) is 0.0833. The zero-order chi connectivity index (χ0) is 13.0. The van der Waals surface area contributed by atoms with E-state index in [0.29, 0.717) is 5.76 Å². The lowest BCUT2D eigenvalue weighted by Crippen LogP contribution is -1.98. The number of rotatable bonds is 4. The van der Waals surface area contributed by atoms with Gasteiger partial charge in [0.15, 0.2) is 5.75 Å². The molecule has 0 amide bonds. The van der Waals surface area contributed by atoms with Crippen LogP contribution in [0.25, 0.3) is 0 Å². The fourth-order valence-electron chi connectivity index (χ4n) is 1.40. The first-order chi connectivity index (χ1) is 8.70. The van der Waals surface area contributed by atoms with E-state index in [9.17, 15) is 10.1 Å². The van der Waals surface area contributed by atoms with Gasteiger partial charge >= 0.3 is 5.69 Å². The van der Waals surface area contributed by atoms with Gasteiger partial charge in [-0.05, 0) is 24.3 Å². The zero-order valence-corrected chi connectivity index (χ0v) is 9.20. The van der Waals surface area contributed by atoms with Gasteiger partial charge in [0.2, 0.25) is 0 Å². The van der Waals surface area contributed by atoms with Gasteiger partial charge in [0.1, 0.15) is 12.4 Å². The normalized spacial score (nSPS) is 9.72. The lowest BCUT2D eigenvalue weighted by molar-refractivity contribution is -0.386. The molecule has 0 aliphatic rings. The molecule has 0 bridgehead atoms. The molecule has 90 valence electrons. The van der Waals surface area contributed by atoms with Crippen molar-refractivity contribution in [3.05, 3.63) is 58.0 Å². The van der Waals surface area contributed by atoms with E-state index in [-0.39, 0.29) is 23.6 Å². The van der Waals surface area contributed by atoms with Crippen LogP contribution in [-0.2, 0) is 6.61 Å². The lowest BCUT2D eigenvalue weighted by atomic mass is 10.2. The summed E-state index contributed by atoms with van der Waals surface area (Å²) in [7, 11) is 0. The molecule has 1 heterocycles. The molecule has 0 atom stereocenters. The van der Waals surface area contributed by atoms with Crippen LogP contribution in [0.15, 0.2) is 41.0 Å². The molecule has 2 rings (SSSR count). The minimum absolute atomic E-state index is 0.0970. The average molecular weight is 244 g/mol. The summed E-state index contributed by atoms with van der Waals surface area (Å²) in [6.45, 7) is 0.0970. The van der Waals surface area contributed by atoms with Crippen LogP contribution in [0.5, 0.6) is 5.75 Å². The molecule has 0 unspecified atom stereocenters. The second kappa shape index (κ2) is 5.01. The summed E-state index contributed by atoms with van der Waals surface area (Å²) in [5, 5.41) is 19.5. The smallest absolute Gasteiger partial charge is 0.312 e. The third-order valence-electron chi connectivity index (χ3n) is 2.23. The molecular weight excluding hydrogens is 236 g/mol. The summed E-state index contributed by atoms with van der Waals surface area (Å²) < 4.78 is 10.4. The van der Waals surface area contributed by atoms with Crippen molar-refractivity contribution in [2.24, 2.45) is 0 Å². The van der Waals surface area contributed by atoms with E-state index in [2.05, 4.69) is 0 Å². The number of ether oxygens (including phenoxy) is 1. The van der Waals surface area contributed by atoms with Gasteiger partial charge < -0.3 is 9.15 Å². The van der Waals surface area contributed by atoms with Gasteiger partial charge in [-0.25, -0.2) is 0 Å². The standard InChI is InChI=1S/C12H8N2O4/c13-7-9-3-4-12(11(6-9)14(15)16)18-8-10-2-1-5-17-10/h1-6H,8H2. The Labute approximate surface area is 102 Å². The van der Waals surface area contributed by atoms with Crippen molar-refractivity contribution >= 4 is 5.69 Å². The van der Waals surface area contributed by atoms with Crippen molar-refractivity contribution < 1.29 is 14.1 Å². The van der Waals surface area contributed by atoms with Crippen LogP contribution in [0.4, 0.5) is 5.69 Å². The predicted molar refractivity (Wildman–Crippen MR) is 60.9 cm³/mol. The van der Waals surface area contributed by atoms with Crippen molar-refractivity contribution in [2.75, 3.05) is 0 Å². The summed E-state index contributed by atoms with van der Waals surface area (Å²) in [6.07, 6.45) is 1.49. The first kappa shape index (κ1) is 11.7. The first-order valence-electron chi connectivity index (χ1n) is 5.04. The molecular formula is C12H8N2O4. The Morgan fingerprint density at radius 2 is 2.28 bits per heavy atom. The largest absolute Gasteiger partial charge is 0.479 e. The lowest BCUT2D eigenvalue weighted by Gasteiger charge is -2.04. The number of nitriles is 1. The minimum atomic E-state index is -0.585. The molecule has 0 radical (unpaired) electrons. The van der Waals surface area contributed by atoms with Gasteiger partial charge in [-0.2, -0.15) is 5.26 Å². The third-order valence-corrected chi connectivity index (χ3v) is 2.23. The molecule has 0 saturated carbocycles. The van der Waals surface area contributed by atoms with Crippen LogP contribution in [-0.4, -0.2) is 4.92 Å². The molecule has 0 aliphatic heterocycles. The van der Waals surface area contributed by atoms with Crippen LogP contribution in [0.2, 0.25) is 0 Å². The summed E-state index contributed by atoms with van der Waals surface area (Å²) in [5.41, 5.74) is -0.0207. The summed E-state index contributed by atoms with van der Waals surface area (Å²) >= 11 is 0. The van der Waals surface area contributed by atoms with Gasteiger partial charge in [0, 0.05) is 6.07 Å². The van der Waals surface area contributed by atoms with E-state index in [4.69, 9.17) is 14.4 Å². The predicted octanol–water partition coefficient (Wildman–Crippen LogP) is 2.64. The highest BCUT2D eigenvalue weighted by molar-refractivity contribution is 5.51. The highest BCUT2D eigenvalue weighted by Crippen LogP contribution is 2.28. The number of nitrogens with zero attached hydrogens (tertiary/aromatic N) is 2. The highest BCUT2D eigenvalue weighted by atomic mass is 16.6. The monoisotopic (exact) mass is 244 g/mol. The third kappa shape index (κ3) is 2.47. The molecule has 0 saturated heterocycles. The van der Waals surface area contributed by atoms with Crippen molar-refractivity contribution in [3.63, 3.8) is 0 Å². The second-order valence-corrected chi connectivity index (χ2v) is 3.42. The first-order valence-corrected chi connectivity index (χ1v) is 5.04. The number of benzene rings is 1. The van der Waals surface area contributed by atoms with Gasteiger partial charge in [0.05, 0.1) is 22.8 Å². The zero-order valence-electron chi connectivity index (χ0n) is 9.20. The molecule has 1 aromatic carbocycles. The molecule has 2 aromatic rings. The van der Waals surface area contributed by atoms with Crippen LogP contribution in [0.3, 0.4) is 0 Å². The molecule has 0 aliphatic carbocycles. The number of nitro benzene ring substituents is 1. The van der Waals surface area contributed by atoms with Gasteiger partial charge in [-0.3, -0.25) is 10.1 Å². The topological polar surface area (TPSA) is 89.3 Å². The van der Waals surface area contributed by atoms with E-state index in [1.54, 1.807) is 12.1 Å². The van der Waals surface area contributed by atoms with Crippen molar-refractivity contribution in [1.29, 1.82) is 5.26 Å². The Morgan fingerprint density at radius 1 is 1.44 bits per heavy atom. The fourth-order valence-corrected chi connectivity index (χ4v) is 1.40. The summed E-state index contributed by atoms with van der Waals surface area (Å²) in [4.78, 5) is 10.3. The number of hydrogen-bond acceptors (Lipinski definition) is 5. The van der Waals surface area contributed by atoms with Crippen molar-refractivity contribution in [1.82, 2.24) is 0 Å². The van der Waals surface area contributed by atoms with Crippen LogP contribution in [0, 0.1) is 21.4 Å². The quantitative estimate of drug-likeness (QED) is 0.609. The van der Waals surface area contributed by atoms with Crippen LogP contribution in [0.1, 0.15) is 11.3 Å². The van der Waals surface area contributed by atoms with E-state index in [1.807, 2.05) is 6.07 Å². The van der Waals surface area contributed by atoms with E-state index in [0.717, 1.165) is 0 Å². The molecule has 0 N–H and O–H groups in total. The Hall–Kier alpha value is -2.81. The average Bonchev–Trinajstić information content (AvgIpc) is 2.89. The van der Waals surface area contributed by atoms with E-state index >= 15 is 0 Å². The molecule has 18 heavy (non-hydrogen) atoms. The van der Waals surface area contributed by atoms with Crippen LogP contribution < -0.4 is 4.74 Å². The SMILES string of the molecule is N#Cc1ccc(OCc2ccco2)c([N+](=O)[O-])c1. The Bertz CT molecular complexity index is 599. The molecule has 0 spiro atoms. The van der Waals surface area contributed by atoms with E-state index < -0.39 is 4.92 Å². The Morgan fingerprint density at radius 3 is 2.89 bits per heavy atom. The maximum Gasteiger partial charge on any atom is 0.312 e. The Kier molecular flexibility index (Phi) is 3.25.